The second-order valence-corrected chi connectivity index (χ2v) is 3.94. The maximum Gasteiger partial charge on any atom is 0.127 e. The standard InChI is InChI=1S/C8H18N8/c9-13-5-11-15(7-13)3-1-2-4-16-8-14(10)6-12-16/h5-6H,1-4,7-10H2. The van der Waals surface area contributed by atoms with Crippen LogP contribution in [0.5, 0.6) is 0 Å². The van der Waals surface area contributed by atoms with E-state index in [4.69, 9.17) is 11.7 Å². The molecule has 0 aliphatic carbocycles. The molecule has 0 aromatic heterocycles. The van der Waals surface area contributed by atoms with Crippen LogP contribution in [0.2, 0.25) is 0 Å². The second kappa shape index (κ2) is 4.99. The van der Waals surface area contributed by atoms with E-state index in [0.717, 1.165) is 25.9 Å². The Hall–Kier alpha value is -1.54. The smallest absolute Gasteiger partial charge is 0.127 e. The number of unbranched alkanes of at least 4 members (excludes halogenated alkanes) is 1. The average molecular weight is 226 g/mol. The third-order valence-corrected chi connectivity index (χ3v) is 2.46. The van der Waals surface area contributed by atoms with Crippen molar-refractivity contribution in [3.8, 4) is 0 Å². The van der Waals surface area contributed by atoms with Crippen LogP contribution in [0.1, 0.15) is 12.8 Å². The Balaban J connectivity index is 1.53. The number of hydrogen-bond acceptors (Lipinski definition) is 8. The Morgan fingerprint density at radius 1 is 0.875 bits per heavy atom. The molecule has 8 heteroatoms. The molecule has 0 saturated heterocycles. The maximum atomic E-state index is 5.54. The van der Waals surface area contributed by atoms with Gasteiger partial charge in [-0.25, -0.2) is 11.7 Å². The van der Waals surface area contributed by atoms with E-state index in [2.05, 4.69) is 10.2 Å². The van der Waals surface area contributed by atoms with Gasteiger partial charge in [0.2, 0.25) is 0 Å². The molecule has 8 nitrogen and oxygen atoms in total. The van der Waals surface area contributed by atoms with E-state index in [-0.39, 0.29) is 0 Å². The van der Waals surface area contributed by atoms with E-state index in [1.165, 1.54) is 0 Å². The van der Waals surface area contributed by atoms with E-state index >= 15 is 0 Å². The maximum absolute atomic E-state index is 5.54. The van der Waals surface area contributed by atoms with E-state index in [1.54, 1.807) is 22.7 Å². The van der Waals surface area contributed by atoms with Crippen molar-refractivity contribution < 1.29 is 0 Å². The van der Waals surface area contributed by atoms with E-state index in [1.807, 2.05) is 10.0 Å². The van der Waals surface area contributed by atoms with Crippen molar-refractivity contribution in [3.05, 3.63) is 0 Å². The van der Waals surface area contributed by atoms with Crippen molar-refractivity contribution in [3.63, 3.8) is 0 Å². The molecule has 0 bridgehead atoms. The minimum atomic E-state index is 0.679. The molecule has 0 aromatic carbocycles. The van der Waals surface area contributed by atoms with Crippen LogP contribution in [0.15, 0.2) is 10.2 Å². The predicted molar refractivity (Wildman–Crippen MR) is 61.4 cm³/mol. The lowest BCUT2D eigenvalue weighted by atomic mass is 10.3. The van der Waals surface area contributed by atoms with Crippen molar-refractivity contribution >= 4 is 12.7 Å². The van der Waals surface area contributed by atoms with Crippen molar-refractivity contribution in [2.24, 2.45) is 21.9 Å². The van der Waals surface area contributed by atoms with Gasteiger partial charge in [0.25, 0.3) is 0 Å². The van der Waals surface area contributed by atoms with Gasteiger partial charge in [0.1, 0.15) is 26.0 Å². The molecule has 0 saturated carbocycles. The molecule has 2 aliphatic heterocycles. The Labute approximate surface area is 94.7 Å². The van der Waals surface area contributed by atoms with Gasteiger partial charge in [0.05, 0.1) is 0 Å². The molecule has 0 unspecified atom stereocenters. The zero-order valence-electron chi connectivity index (χ0n) is 9.24. The fourth-order valence-corrected chi connectivity index (χ4v) is 1.65. The molecule has 90 valence electrons. The highest BCUT2D eigenvalue weighted by molar-refractivity contribution is 5.55. The summed E-state index contributed by atoms with van der Waals surface area (Å²) >= 11 is 0. The number of hydrazone groups is 2. The minimum Gasteiger partial charge on any atom is -0.278 e. The molecule has 0 spiro atoms. The van der Waals surface area contributed by atoms with Crippen LogP contribution in [-0.4, -0.2) is 59.1 Å². The molecule has 0 fully saturated rings. The minimum absolute atomic E-state index is 0.679. The number of hydrazine groups is 2. The molecule has 16 heavy (non-hydrogen) atoms. The molecule has 4 N–H and O–H groups in total. The zero-order valence-corrected chi connectivity index (χ0v) is 9.24. The SMILES string of the molecule is NN1C=NN(CCCCN2CN(N)C=N2)C1. The third-order valence-electron chi connectivity index (χ3n) is 2.46. The second-order valence-electron chi connectivity index (χ2n) is 3.94. The van der Waals surface area contributed by atoms with E-state index < -0.39 is 0 Å². The predicted octanol–water partition coefficient (Wildman–Crippen LogP) is -1.45. The summed E-state index contributed by atoms with van der Waals surface area (Å²) in [6.45, 7) is 3.21. The molecule has 2 heterocycles. The number of nitrogens with zero attached hydrogens (tertiary/aromatic N) is 6. The Bertz CT molecular complexity index is 249. The molecular formula is C8H18N8. The summed E-state index contributed by atoms with van der Waals surface area (Å²) in [5.41, 5.74) is 0. The van der Waals surface area contributed by atoms with Crippen molar-refractivity contribution in [2.75, 3.05) is 26.4 Å². The molecule has 0 amide bonds. The summed E-state index contributed by atoms with van der Waals surface area (Å²) < 4.78 is 0. The first-order valence-electron chi connectivity index (χ1n) is 5.35. The molecular weight excluding hydrogens is 208 g/mol. The first kappa shape index (κ1) is 11.0. The third kappa shape index (κ3) is 2.97. The Kier molecular flexibility index (Phi) is 3.42. The highest BCUT2D eigenvalue weighted by Gasteiger charge is 2.11. The monoisotopic (exact) mass is 226 g/mol. The average Bonchev–Trinajstić information content (AvgIpc) is 2.83. The number of hydrogen-bond donors (Lipinski definition) is 2. The van der Waals surface area contributed by atoms with Gasteiger partial charge in [-0.1, -0.05) is 0 Å². The van der Waals surface area contributed by atoms with Crippen LogP contribution in [0.3, 0.4) is 0 Å². The van der Waals surface area contributed by atoms with Gasteiger partial charge >= 0.3 is 0 Å². The van der Waals surface area contributed by atoms with Crippen molar-refractivity contribution in [1.82, 2.24) is 20.0 Å². The molecule has 2 aliphatic rings. The molecule has 0 radical (unpaired) electrons. The van der Waals surface area contributed by atoms with Crippen LogP contribution >= 0.6 is 0 Å². The van der Waals surface area contributed by atoms with Crippen LogP contribution in [0, 0.1) is 0 Å². The summed E-state index contributed by atoms with van der Waals surface area (Å²) in [6.07, 6.45) is 5.41. The Morgan fingerprint density at radius 2 is 1.31 bits per heavy atom. The van der Waals surface area contributed by atoms with Crippen molar-refractivity contribution in [2.45, 2.75) is 12.8 Å². The highest BCUT2D eigenvalue weighted by atomic mass is 15.6. The fourth-order valence-electron chi connectivity index (χ4n) is 1.65. The summed E-state index contributed by atoms with van der Waals surface area (Å²) in [5.74, 6) is 11.1. The normalized spacial score (nSPS) is 19.4. The Morgan fingerprint density at radius 3 is 1.62 bits per heavy atom. The first-order chi connectivity index (χ1) is 7.74. The summed E-state index contributed by atoms with van der Waals surface area (Å²) in [6, 6.07) is 0. The van der Waals surface area contributed by atoms with Gasteiger partial charge in [-0.15, -0.1) is 0 Å². The van der Waals surface area contributed by atoms with Gasteiger partial charge < -0.3 is 0 Å². The van der Waals surface area contributed by atoms with Crippen LogP contribution < -0.4 is 11.7 Å². The summed E-state index contributed by atoms with van der Waals surface area (Å²) in [4.78, 5) is 0. The lowest BCUT2D eigenvalue weighted by Crippen LogP contribution is -2.33. The van der Waals surface area contributed by atoms with Crippen molar-refractivity contribution in [1.29, 1.82) is 0 Å². The highest BCUT2D eigenvalue weighted by Crippen LogP contribution is 2.04. The van der Waals surface area contributed by atoms with Gasteiger partial charge in [-0.2, -0.15) is 10.2 Å². The molecule has 0 aromatic rings. The molecule has 0 atom stereocenters. The first-order valence-corrected chi connectivity index (χ1v) is 5.35. The quantitative estimate of drug-likeness (QED) is 0.440. The number of rotatable bonds is 5. The number of nitrogens with two attached hydrogens (primary N) is 2. The lowest BCUT2D eigenvalue weighted by molar-refractivity contribution is 0.211. The summed E-state index contributed by atoms with van der Waals surface area (Å²) in [7, 11) is 0. The molecule has 2 rings (SSSR count). The van der Waals surface area contributed by atoms with Gasteiger partial charge in [-0.05, 0) is 12.8 Å². The topological polar surface area (TPSA) is 89.7 Å². The zero-order chi connectivity index (χ0) is 11.4. The van der Waals surface area contributed by atoms with Crippen LogP contribution in [0.4, 0.5) is 0 Å². The van der Waals surface area contributed by atoms with E-state index in [9.17, 15) is 0 Å². The lowest BCUT2D eigenvalue weighted by Gasteiger charge is -2.17. The van der Waals surface area contributed by atoms with E-state index in [0.29, 0.717) is 13.3 Å². The summed E-state index contributed by atoms with van der Waals surface area (Å²) in [5, 5.41) is 15.3. The van der Waals surface area contributed by atoms with Crippen LogP contribution in [0.25, 0.3) is 0 Å². The largest absolute Gasteiger partial charge is 0.278 e. The van der Waals surface area contributed by atoms with Gasteiger partial charge in [-0.3, -0.25) is 20.0 Å². The van der Waals surface area contributed by atoms with Crippen LogP contribution in [-0.2, 0) is 0 Å². The fraction of sp³-hybridized carbons (Fsp3) is 0.750. The van der Waals surface area contributed by atoms with Gasteiger partial charge in [0.15, 0.2) is 0 Å². The van der Waals surface area contributed by atoms with Gasteiger partial charge in [0, 0.05) is 13.1 Å².